The number of ether oxygens (including phenoxy) is 1. The van der Waals surface area contributed by atoms with E-state index in [0.29, 0.717) is 19.0 Å². The average molecular weight is 324 g/mol. The second-order valence-electron chi connectivity index (χ2n) is 4.48. The van der Waals surface area contributed by atoms with Gasteiger partial charge in [-0.05, 0) is 19.1 Å². The minimum absolute atomic E-state index is 0.0585. The van der Waals surface area contributed by atoms with Gasteiger partial charge in [-0.2, -0.15) is 0 Å². The second-order valence-corrected chi connectivity index (χ2v) is 5.59. The molecule has 0 aliphatic rings. The van der Waals surface area contributed by atoms with Gasteiger partial charge in [0.05, 0.1) is 24.5 Å². The van der Waals surface area contributed by atoms with Crippen molar-refractivity contribution in [2.45, 2.75) is 19.3 Å². The van der Waals surface area contributed by atoms with Gasteiger partial charge in [-0.3, -0.25) is 4.79 Å². The molecule has 110 valence electrons. The Hall–Kier alpha value is -1.79. The van der Waals surface area contributed by atoms with E-state index in [1.54, 1.807) is 0 Å². The summed E-state index contributed by atoms with van der Waals surface area (Å²) < 4.78 is 7.61. The van der Waals surface area contributed by atoms with Crippen LogP contribution in [-0.2, 0) is 12.4 Å². The Balaban J connectivity index is 2.11. The molecule has 0 radical (unpaired) electrons. The molecule has 0 spiro atoms. The number of benzene rings is 1. The lowest BCUT2D eigenvalue weighted by molar-refractivity contribution is 0.343. The van der Waals surface area contributed by atoms with Crippen molar-refractivity contribution in [2.75, 3.05) is 6.61 Å². The molecule has 1 N–H and O–H groups in total. The number of rotatable bonds is 5. The lowest BCUT2D eigenvalue weighted by Crippen LogP contribution is -2.06. The SMILES string of the molecule is CCOc1cccc2c1nc(CCl)n2Cc1csc(=O)[nH]1. The summed E-state index contributed by atoms with van der Waals surface area (Å²) in [5.74, 6) is 1.80. The highest BCUT2D eigenvalue weighted by atomic mass is 35.5. The zero-order chi connectivity index (χ0) is 14.8. The number of alkyl halides is 1. The van der Waals surface area contributed by atoms with Crippen LogP contribution in [0, 0.1) is 0 Å². The first-order valence-corrected chi connectivity index (χ1v) is 7.98. The highest BCUT2D eigenvalue weighted by Gasteiger charge is 2.14. The molecule has 2 aromatic heterocycles. The van der Waals surface area contributed by atoms with E-state index >= 15 is 0 Å². The molecule has 3 aromatic rings. The first kappa shape index (κ1) is 14.2. The largest absolute Gasteiger partial charge is 0.492 e. The van der Waals surface area contributed by atoms with Gasteiger partial charge in [-0.15, -0.1) is 11.6 Å². The van der Waals surface area contributed by atoms with Crippen LogP contribution in [-0.4, -0.2) is 21.1 Å². The van der Waals surface area contributed by atoms with Crippen molar-refractivity contribution in [1.29, 1.82) is 0 Å². The summed E-state index contributed by atoms with van der Waals surface area (Å²) in [5.41, 5.74) is 2.59. The standard InChI is InChI=1S/C14H14ClN3O2S/c1-2-20-11-5-3-4-10-13(11)17-12(6-15)18(10)7-9-8-21-14(19)16-9/h3-5,8H,2,6-7H2,1H3,(H,16,19). The molecule has 0 unspecified atom stereocenters. The van der Waals surface area contributed by atoms with E-state index < -0.39 is 0 Å². The summed E-state index contributed by atoms with van der Waals surface area (Å²) in [6, 6.07) is 5.80. The number of para-hydroxylation sites is 1. The first-order chi connectivity index (χ1) is 10.2. The summed E-state index contributed by atoms with van der Waals surface area (Å²) in [6.07, 6.45) is 0. The smallest absolute Gasteiger partial charge is 0.304 e. The number of halogens is 1. The fourth-order valence-corrected chi connectivity index (χ4v) is 3.06. The number of fused-ring (bicyclic) bond motifs is 1. The summed E-state index contributed by atoms with van der Waals surface area (Å²) >= 11 is 7.16. The van der Waals surface area contributed by atoms with Gasteiger partial charge in [0.25, 0.3) is 0 Å². The predicted molar refractivity (Wildman–Crippen MR) is 84.5 cm³/mol. The number of aromatic amines is 1. The third-order valence-electron chi connectivity index (χ3n) is 3.14. The minimum Gasteiger partial charge on any atom is -0.492 e. The Morgan fingerprint density at radius 3 is 3.00 bits per heavy atom. The number of thiazole rings is 1. The number of nitrogens with zero attached hydrogens (tertiary/aromatic N) is 2. The molecule has 1 aromatic carbocycles. The van der Waals surface area contributed by atoms with Crippen LogP contribution < -0.4 is 9.61 Å². The Morgan fingerprint density at radius 1 is 1.48 bits per heavy atom. The third kappa shape index (κ3) is 2.69. The summed E-state index contributed by atoms with van der Waals surface area (Å²) in [7, 11) is 0. The van der Waals surface area contributed by atoms with Crippen LogP contribution in [0.2, 0.25) is 0 Å². The fraction of sp³-hybridized carbons (Fsp3) is 0.286. The lowest BCUT2D eigenvalue weighted by Gasteiger charge is -2.07. The molecular formula is C14H14ClN3O2S. The first-order valence-electron chi connectivity index (χ1n) is 6.56. The van der Waals surface area contributed by atoms with Crippen LogP contribution in [0.4, 0.5) is 0 Å². The molecule has 21 heavy (non-hydrogen) atoms. The molecule has 2 heterocycles. The van der Waals surface area contributed by atoms with Gasteiger partial charge in [0.15, 0.2) is 0 Å². The molecule has 0 amide bonds. The fourth-order valence-electron chi connectivity index (χ4n) is 2.28. The normalized spacial score (nSPS) is 11.1. The lowest BCUT2D eigenvalue weighted by atomic mass is 10.3. The quantitative estimate of drug-likeness (QED) is 0.734. The van der Waals surface area contributed by atoms with Crippen LogP contribution in [0.15, 0.2) is 28.4 Å². The van der Waals surface area contributed by atoms with Gasteiger partial charge in [-0.1, -0.05) is 17.4 Å². The van der Waals surface area contributed by atoms with E-state index in [1.165, 1.54) is 0 Å². The van der Waals surface area contributed by atoms with Gasteiger partial charge in [0.2, 0.25) is 0 Å². The zero-order valence-corrected chi connectivity index (χ0v) is 13.0. The van der Waals surface area contributed by atoms with E-state index in [2.05, 4.69) is 9.97 Å². The van der Waals surface area contributed by atoms with E-state index in [1.807, 2.05) is 35.1 Å². The Morgan fingerprint density at radius 2 is 2.33 bits per heavy atom. The zero-order valence-electron chi connectivity index (χ0n) is 11.4. The number of imidazole rings is 1. The monoisotopic (exact) mass is 323 g/mol. The summed E-state index contributed by atoms with van der Waals surface area (Å²) in [6.45, 7) is 3.06. The molecule has 7 heteroatoms. The van der Waals surface area contributed by atoms with E-state index in [0.717, 1.165) is 39.6 Å². The van der Waals surface area contributed by atoms with Crippen molar-refractivity contribution < 1.29 is 4.74 Å². The maximum Gasteiger partial charge on any atom is 0.304 e. The Labute approximate surface area is 130 Å². The Kier molecular flexibility index (Phi) is 3.98. The highest BCUT2D eigenvalue weighted by molar-refractivity contribution is 7.07. The van der Waals surface area contributed by atoms with E-state index in [9.17, 15) is 4.79 Å². The maximum absolute atomic E-state index is 11.3. The van der Waals surface area contributed by atoms with Crippen molar-refractivity contribution in [3.8, 4) is 5.75 Å². The molecule has 5 nitrogen and oxygen atoms in total. The molecular weight excluding hydrogens is 310 g/mol. The van der Waals surface area contributed by atoms with Crippen molar-refractivity contribution in [3.63, 3.8) is 0 Å². The molecule has 0 saturated heterocycles. The summed E-state index contributed by atoms with van der Waals surface area (Å²) in [4.78, 5) is 18.6. The highest BCUT2D eigenvalue weighted by Crippen LogP contribution is 2.27. The Bertz CT molecular complexity index is 821. The van der Waals surface area contributed by atoms with E-state index in [4.69, 9.17) is 16.3 Å². The molecule has 0 aliphatic heterocycles. The molecule has 0 saturated carbocycles. The minimum atomic E-state index is -0.0585. The topological polar surface area (TPSA) is 59.9 Å². The van der Waals surface area contributed by atoms with Crippen LogP contribution in [0.3, 0.4) is 0 Å². The van der Waals surface area contributed by atoms with Gasteiger partial charge >= 0.3 is 4.87 Å². The third-order valence-corrected chi connectivity index (χ3v) is 4.10. The second kappa shape index (κ2) is 5.91. The average Bonchev–Trinajstić information content (AvgIpc) is 3.05. The van der Waals surface area contributed by atoms with Crippen LogP contribution >= 0.6 is 22.9 Å². The van der Waals surface area contributed by atoms with Gasteiger partial charge in [0, 0.05) is 11.1 Å². The van der Waals surface area contributed by atoms with Crippen LogP contribution in [0.25, 0.3) is 11.0 Å². The van der Waals surface area contributed by atoms with Crippen LogP contribution in [0.5, 0.6) is 5.75 Å². The van der Waals surface area contributed by atoms with Crippen molar-refractivity contribution in [1.82, 2.24) is 14.5 Å². The van der Waals surface area contributed by atoms with E-state index in [-0.39, 0.29) is 4.87 Å². The van der Waals surface area contributed by atoms with Gasteiger partial charge < -0.3 is 14.3 Å². The van der Waals surface area contributed by atoms with Gasteiger partial charge in [0.1, 0.15) is 17.1 Å². The summed E-state index contributed by atoms with van der Waals surface area (Å²) in [5, 5.41) is 1.82. The van der Waals surface area contributed by atoms with Crippen molar-refractivity contribution in [3.05, 3.63) is 44.8 Å². The number of H-pyrrole nitrogens is 1. The molecule has 0 aliphatic carbocycles. The van der Waals surface area contributed by atoms with Crippen molar-refractivity contribution in [2.24, 2.45) is 0 Å². The molecule has 0 bridgehead atoms. The number of hydrogen-bond donors (Lipinski definition) is 1. The predicted octanol–water partition coefficient (Wildman–Crippen LogP) is 2.97. The van der Waals surface area contributed by atoms with Gasteiger partial charge in [-0.25, -0.2) is 4.98 Å². The maximum atomic E-state index is 11.3. The molecule has 0 atom stereocenters. The number of hydrogen-bond acceptors (Lipinski definition) is 4. The number of aromatic nitrogens is 3. The van der Waals surface area contributed by atoms with Crippen LogP contribution in [0.1, 0.15) is 18.4 Å². The molecule has 0 fully saturated rings. The number of nitrogens with one attached hydrogen (secondary N) is 1. The molecule has 3 rings (SSSR count). The van der Waals surface area contributed by atoms with Crippen molar-refractivity contribution >= 4 is 34.0 Å².